The summed E-state index contributed by atoms with van der Waals surface area (Å²) in [6.45, 7) is 4.47. The second-order valence-electron chi connectivity index (χ2n) is 5.60. The highest BCUT2D eigenvalue weighted by atomic mass is 32.2. The Kier molecular flexibility index (Phi) is 4.31. The topological polar surface area (TPSA) is 34.9 Å². The average Bonchev–Trinajstić information content (AvgIpc) is 2.79. The molecule has 1 saturated heterocycles. The molecule has 0 N–H and O–H groups in total. The van der Waals surface area contributed by atoms with Gasteiger partial charge in [0, 0.05) is 28.7 Å². The first kappa shape index (κ1) is 15.0. The number of carbonyl (C=O) groups excluding carboxylic acids is 1. The third-order valence-electron chi connectivity index (χ3n) is 4.09. The highest BCUT2D eigenvalue weighted by molar-refractivity contribution is 8.08. The van der Waals surface area contributed by atoms with Crippen LogP contribution in [0, 0.1) is 0 Å². The number of hydrogen-bond donors (Lipinski definition) is 0. The van der Waals surface area contributed by atoms with Crippen LogP contribution in [0.25, 0.3) is 10.9 Å². The summed E-state index contributed by atoms with van der Waals surface area (Å²) in [4.78, 5) is 12.6. The number of fused-ring (bicyclic) bond motifs is 1. The molecule has 0 spiro atoms. The van der Waals surface area contributed by atoms with Crippen LogP contribution in [0.15, 0.2) is 24.3 Å². The van der Waals surface area contributed by atoms with E-state index in [2.05, 4.69) is 25.0 Å². The van der Waals surface area contributed by atoms with Crippen LogP contribution in [0.3, 0.4) is 0 Å². The third kappa shape index (κ3) is 2.99. The summed E-state index contributed by atoms with van der Waals surface area (Å²) in [5, 5.41) is 6.93. The van der Waals surface area contributed by atoms with Crippen LogP contribution in [0.2, 0.25) is 0 Å². The van der Waals surface area contributed by atoms with Gasteiger partial charge < -0.3 is 0 Å². The number of hydrogen-bond acceptors (Lipinski definition) is 4. The van der Waals surface area contributed by atoms with Crippen molar-refractivity contribution < 1.29 is 4.79 Å². The van der Waals surface area contributed by atoms with Crippen LogP contribution in [-0.2, 0) is 18.3 Å². The highest BCUT2D eigenvalue weighted by Gasteiger charge is 2.30. The fraction of sp³-hybridized carbons (Fsp3) is 0.500. The van der Waals surface area contributed by atoms with Crippen molar-refractivity contribution in [3.05, 3.63) is 30.0 Å². The first-order valence-corrected chi connectivity index (χ1v) is 9.26. The maximum absolute atomic E-state index is 12.6. The van der Waals surface area contributed by atoms with E-state index in [1.807, 2.05) is 53.5 Å². The Morgan fingerprint density at radius 1 is 1.33 bits per heavy atom. The minimum absolute atomic E-state index is 0.113. The number of aromatic nitrogens is 2. The third-order valence-corrected chi connectivity index (χ3v) is 7.52. The summed E-state index contributed by atoms with van der Waals surface area (Å²) in [5.74, 6) is 1.25. The van der Waals surface area contributed by atoms with E-state index in [0.29, 0.717) is 22.7 Å². The van der Waals surface area contributed by atoms with E-state index in [-0.39, 0.29) is 5.25 Å². The minimum Gasteiger partial charge on any atom is -0.298 e. The number of nitrogens with zero attached hydrogens (tertiary/aromatic N) is 2. The van der Waals surface area contributed by atoms with Gasteiger partial charge in [-0.2, -0.15) is 16.9 Å². The smallest absolute Gasteiger partial charge is 0.152 e. The van der Waals surface area contributed by atoms with Crippen molar-refractivity contribution in [2.45, 2.75) is 36.0 Å². The molecule has 2 heterocycles. The van der Waals surface area contributed by atoms with E-state index in [0.717, 1.165) is 22.3 Å². The number of thioether (sulfide) groups is 2. The molecule has 1 aromatic carbocycles. The summed E-state index contributed by atoms with van der Waals surface area (Å²) >= 11 is 3.74. The van der Waals surface area contributed by atoms with Crippen molar-refractivity contribution >= 4 is 40.2 Å². The molecular formula is C16H20N2OS2. The highest BCUT2D eigenvalue weighted by Crippen LogP contribution is 2.36. The molecule has 21 heavy (non-hydrogen) atoms. The van der Waals surface area contributed by atoms with Crippen LogP contribution >= 0.6 is 23.5 Å². The van der Waals surface area contributed by atoms with Crippen LogP contribution < -0.4 is 0 Å². The Labute approximate surface area is 133 Å². The predicted molar refractivity (Wildman–Crippen MR) is 92.2 cm³/mol. The van der Waals surface area contributed by atoms with Crippen LogP contribution in [0.5, 0.6) is 0 Å². The van der Waals surface area contributed by atoms with Crippen LogP contribution in [-0.4, -0.2) is 37.1 Å². The molecule has 1 aromatic heterocycles. The van der Waals surface area contributed by atoms with Gasteiger partial charge in [0.1, 0.15) is 0 Å². The lowest BCUT2D eigenvalue weighted by Crippen LogP contribution is -2.32. The Hall–Kier alpha value is -0.940. The molecule has 112 valence electrons. The molecular weight excluding hydrogens is 300 g/mol. The lowest BCUT2D eigenvalue weighted by Gasteiger charge is -2.30. The van der Waals surface area contributed by atoms with E-state index in [9.17, 15) is 4.79 Å². The first-order valence-electron chi connectivity index (χ1n) is 7.26. The lowest BCUT2D eigenvalue weighted by atomic mass is 10.1. The molecule has 5 heteroatoms. The Balaban J connectivity index is 1.78. The van der Waals surface area contributed by atoms with Crippen molar-refractivity contribution in [3.8, 4) is 0 Å². The second-order valence-corrected chi connectivity index (χ2v) is 8.59. The first-order chi connectivity index (χ1) is 10.1. The largest absolute Gasteiger partial charge is 0.298 e. The number of para-hydroxylation sites is 1. The molecule has 3 rings (SSSR count). The van der Waals surface area contributed by atoms with E-state index in [4.69, 9.17) is 0 Å². The fourth-order valence-electron chi connectivity index (χ4n) is 2.65. The zero-order valence-corrected chi connectivity index (χ0v) is 14.2. The van der Waals surface area contributed by atoms with Crippen molar-refractivity contribution in [1.82, 2.24) is 9.78 Å². The molecule has 2 aromatic rings. The van der Waals surface area contributed by atoms with Gasteiger partial charge in [0.25, 0.3) is 0 Å². The van der Waals surface area contributed by atoms with Crippen molar-refractivity contribution in [2.75, 3.05) is 5.75 Å². The molecule has 0 aliphatic carbocycles. The second kappa shape index (κ2) is 6.05. The zero-order chi connectivity index (χ0) is 15.0. The quantitative estimate of drug-likeness (QED) is 0.869. The van der Waals surface area contributed by atoms with E-state index >= 15 is 0 Å². The fourth-order valence-corrected chi connectivity index (χ4v) is 5.54. The standard InChI is InChI=1S/C16H20N2OS2/c1-10-11(2)21-16(9-20-10)15(19)8-13-12-6-4-5-7-14(12)18(3)17-13/h4-7,10-11,16H,8-9H2,1-3H3. The molecule has 0 radical (unpaired) electrons. The van der Waals surface area contributed by atoms with Gasteiger partial charge in [-0.25, -0.2) is 0 Å². The van der Waals surface area contributed by atoms with E-state index < -0.39 is 0 Å². The molecule has 3 nitrogen and oxygen atoms in total. The lowest BCUT2D eigenvalue weighted by molar-refractivity contribution is -0.117. The van der Waals surface area contributed by atoms with Gasteiger partial charge in [-0.1, -0.05) is 32.0 Å². The van der Waals surface area contributed by atoms with Gasteiger partial charge in [0.05, 0.1) is 22.9 Å². The SMILES string of the molecule is CC1SCC(C(=O)Cc2nn(C)c3ccccc23)SC1C. The molecule has 1 fully saturated rings. The monoisotopic (exact) mass is 320 g/mol. The van der Waals surface area contributed by atoms with Gasteiger partial charge in [-0.05, 0) is 6.07 Å². The van der Waals surface area contributed by atoms with Gasteiger partial charge >= 0.3 is 0 Å². The number of benzene rings is 1. The molecule has 3 unspecified atom stereocenters. The van der Waals surface area contributed by atoms with Crippen molar-refractivity contribution in [2.24, 2.45) is 7.05 Å². The Morgan fingerprint density at radius 2 is 2.10 bits per heavy atom. The number of carbonyl (C=O) groups is 1. The average molecular weight is 320 g/mol. The van der Waals surface area contributed by atoms with Gasteiger partial charge in [0.2, 0.25) is 0 Å². The normalized spacial score (nSPS) is 26.1. The van der Waals surface area contributed by atoms with Crippen LogP contribution in [0.1, 0.15) is 19.5 Å². The molecule has 1 aliphatic heterocycles. The number of aryl methyl sites for hydroxylation is 1. The number of Topliss-reactive ketones (excluding diaryl/α,β-unsaturated/α-hetero) is 1. The molecule has 1 aliphatic rings. The summed E-state index contributed by atoms with van der Waals surface area (Å²) in [6.07, 6.45) is 0.445. The van der Waals surface area contributed by atoms with Crippen molar-refractivity contribution in [1.29, 1.82) is 0 Å². The summed E-state index contributed by atoms with van der Waals surface area (Å²) in [5.41, 5.74) is 2.00. The maximum atomic E-state index is 12.6. The minimum atomic E-state index is 0.113. The van der Waals surface area contributed by atoms with Gasteiger partial charge in [-0.15, -0.1) is 11.8 Å². The summed E-state index contributed by atoms with van der Waals surface area (Å²) in [7, 11) is 1.94. The maximum Gasteiger partial charge on any atom is 0.152 e. The van der Waals surface area contributed by atoms with E-state index in [1.165, 1.54) is 0 Å². The molecule has 0 bridgehead atoms. The molecule has 3 atom stereocenters. The Bertz CT molecular complexity index is 667. The molecule has 0 amide bonds. The molecule has 0 saturated carbocycles. The van der Waals surface area contributed by atoms with E-state index in [1.54, 1.807) is 0 Å². The van der Waals surface area contributed by atoms with Crippen LogP contribution in [0.4, 0.5) is 0 Å². The summed E-state index contributed by atoms with van der Waals surface area (Å²) < 4.78 is 1.87. The van der Waals surface area contributed by atoms with Gasteiger partial charge in [0.15, 0.2) is 5.78 Å². The predicted octanol–water partition coefficient (Wildman–Crippen LogP) is 3.31. The van der Waals surface area contributed by atoms with Crippen molar-refractivity contribution in [3.63, 3.8) is 0 Å². The zero-order valence-electron chi connectivity index (χ0n) is 12.6. The Morgan fingerprint density at radius 3 is 2.86 bits per heavy atom. The number of rotatable bonds is 3. The van der Waals surface area contributed by atoms with Gasteiger partial charge in [-0.3, -0.25) is 9.48 Å². The number of ketones is 1. The summed E-state index contributed by atoms with van der Waals surface area (Å²) in [6, 6.07) is 8.11.